The molecule has 0 radical (unpaired) electrons. The highest BCUT2D eigenvalue weighted by molar-refractivity contribution is 9.10. The molecule has 0 saturated heterocycles. The van der Waals surface area contributed by atoms with Crippen molar-refractivity contribution in [2.75, 3.05) is 7.11 Å². The summed E-state index contributed by atoms with van der Waals surface area (Å²) in [6, 6.07) is 20.6. The molecule has 3 aromatic carbocycles. The van der Waals surface area contributed by atoms with Crippen molar-refractivity contribution in [3.8, 4) is 17.2 Å². The maximum Gasteiger partial charge on any atom is 0.231 e. The summed E-state index contributed by atoms with van der Waals surface area (Å²) in [7, 11) is 1.64. The predicted octanol–water partition coefficient (Wildman–Crippen LogP) is 5.65. The highest BCUT2D eigenvalue weighted by atomic mass is 79.9. The molecule has 1 aliphatic heterocycles. The zero-order chi connectivity index (χ0) is 19.5. The lowest BCUT2D eigenvalue weighted by molar-refractivity contribution is 0.101. The van der Waals surface area contributed by atoms with Crippen LogP contribution in [-0.4, -0.2) is 12.9 Å². The van der Waals surface area contributed by atoms with Crippen LogP contribution >= 0.6 is 15.9 Å². The van der Waals surface area contributed by atoms with Gasteiger partial charge in [0.25, 0.3) is 0 Å². The summed E-state index contributed by atoms with van der Waals surface area (Å²) in [5.74, 6) is 2.14. The molecule has 0 spiro atoms. The zero-order valence-electron chi connectivity index (χ0n) is 15.1. The molecule has 140 valence electrons. The second kappa shape index (κ2) is 7.90. The summed E-state index contributed by atoms with van der Waals surface area (Å²) in [5.41, 5.74) is 2.45. The van der Waals surface area contributed by atoms with E-state index in [2.05, 4.69) is 15.9 Å². The predicted molar refractivity (Wildman–Crippen MR) is 111 cm³/mol. The van der Waals surface area contributed by atoms with Gasteiger partial charge in [-0.25, -0.2) is 0 Å². The highest BCUT2D eigenvalue weighted by Crippen LogP contribution is 2.35. The number of hydrogen-bond acceptors (Lipinski definition) is 4. The van der Waals surface area contributed by atoms with Crippen LogP contribution in [0.4, 0.5) is 0 Å². The van der Waals surface area contributed by atoms with Crippen molar-refractivity contribution in [1.29, 1.82) is 0 Å². The maximum absolute atomic E-state index is 12.6. The first-order valence-corrected chi connectivity index (χ1v) is 9.51. The number of ketones is 1. The van der Waals surface area contributed by atoms with Gasteiger partial charge >= 0.3 is 0 Å². The van der Waals surface area contributed by atoms with Crippen LogP contribution < -0.4 is 14.2 Å². The highest BCUT2D eigenvalue weighted by Gasteiger charge is 2.27. The number of carbonyl (C=O) groups is 1. The molecule has 1 heterocycles. The molecule has 28 heavy (non-hydrogen) atoms. The van der Waals surface area contributed by atoms with Gasteiger partial charge in [-0.05, 0) is 53.6 Å². The Morgan fingerprint density at radius 2 is 1.79 bits per heavy atom. The number of hydrogen-bond donors (Lipinski definition) is 0. The molecule has 0 saturated carbocycles. The van der Waals surface area contributed by atoms with Gasteiger partial charge in [0.1, 0.15) is 23.9 Å². The van der Waals surface area contributed by atoms with Gasteiger partial charge < -0.3 is 14.2 Å². The standard InChI is InChI=1S/C23H17BrO4/c1-26-18-7-5-15(6-8-18)14-27-19-9-10-20-21(13-19)28-22(23(20)25)12-16-3-2-4-17(24)11-16/h2-13H,14H2,1H3. The van der Waals surface area contributed by atoms with Crippen molar-refractivity contribution in [2.45, 2.75) is 6.61 Å². The summed E-state index contributed by atoms with van der Waals surface area (Å²) in [6.45, 7) is 0.414. The second-order valence-corrected chi connectivity index (χ2v) is 7.21. The molecular formula is C23H17BrO4. The average molecular weight is 437 g/mol. The van der Waals surface area contributed by atoms with Crippen molar-refractivity contribution >= 4 is 27.8 Å². The molecule has 4 nitrogen and oxygen atoms in total. The van der Waals surface area contributed by atoms with E-state index in [9.17, 15) is 4.79 Å². The van der Waals surface area contributed by atoms with Gasteiger partial charge in [-0.1, -0.05) is 40.2 Å². The summed E-state index contributed by atoms with van der Waals surface area (Å²) in [4.78, 5) is 12.6. The molecule has 0 aliphatic carbocycles. The molecule has 0 unspecified atom stereocenters. The molecule has 5 heteroatoms. The fourth-order valence-corrected chi connectivity index (χ4v) is 3.31. The van der Waals surface area contributed by atoms with Crippen LogP contribution in [0.1, 0.15) is 21.5 Å². The van der Waals surface area contributed by atoms with E-state index in [4.69, 9.17) is 14.2 Å². The third kappa shape index (κ3) is 3.94. The second-order valence-electron chi connectivity index (χ2n) is 6.29. The first-order valence-electron chi connectivity index (χ1n) is 8.72. The van der Waals surface area contributed by atoms with E-state index in [-0.39, 0.29) is 5.78 Å². The van der Waals surface area contributed by atoms with Gasteiger partial charge in [0.15, 0.2) is 5.76 Å². The number of halogens is 1. The summed E-state index contributed by atoms with van der Waals surface area (Å²) >= 11 is 3.43. The third-order valence-corrected chi connectivity index (χ3v) is 4.85. The molecule has 0 atom stereocenters. The van der Waals surface area contributed by atoms with Crippen LogP contribution in [-0.2, 0) is 6.61 Å². The molecule has 0 aromatic heterocycles. The van der Waals surface area contributed by atoms with Crippen LogP contribution in [0.25, 0.3) is 6.08 Å². The topological polar surface area (TPSA) is 44.8 Å². The fourth-order valence-electron chi connectivity index (χ4n) is 2.89. The normalized spacial score (nSPS) is 13.9. The molecule has 0 fully saturated rings. The first-order chi connectivity index (χ1) is 13.6. The molecule has 1 aliphatic rings. The number of rotatable bonds is 5. The average Bonchev–Trinajstić information content (AvgIpc) is 3.01. The Kier molecular flexibility index (Phi) is 5.17. The number of ether oxygens (including phenoxy) is 3. The van der Waals surface area contributed by atoms with Crippen molar-refractivity contribution in [3.05, 3.63) is 93.7 Å². The quantitative estimate of drug-likeness (QED) is 0.484. The SMILES string of the molecule is COc1ccc(COc2ccc3c(c2)OC(=Cc2cccc(Br)c2)C3=O)cc1. The maximum atomic E-state index is 12.6. The van der Waals surface area contributed by atoms with Gasteiger partial charge in [0.05, 0.1) is 12.7 Å². The number of fused-ring (bicyclic) bond motifs is 1. The smallest absolute Gasteiger partial charge is 0.231 e. The number of Topliss-reactive ketones (excluding diaryl/α,β-unsaturated/α-hetero) is 1. The number of methoxy groups -OCH3 is 1. The summed E-state index contributed by atoms with van der Waals surface area (Å²) in [6.07, 6.45) is 1.74. The van der Waals surface area contributed by atoms with E-state index < -0.39 is 0 Å². The van der Waals surface area contributed by atoms with E-state index in [1.54, 1.807) is 31.4 Å². The monoisotopic (exact) mass is 436 g/mol. The zero-order valence-corrected chi connectivity index (χ0v) is 16.7. The number of allylic oxidation sites excluding steroid dienone is 1. The van der Waals surface area contributed by atoms with Crippen LogP contribution in [0.2, 0.25) is 0 Å². The van der Waals surface area contributed by atoms with Crippen LogP contribution in [0, 0.1) is 0 Å². The Hall–Kier alpha value is -3.05. The molecule has 0 N–H and O–H groups in total. The van der Waals surface area contributed by atoms with Crippen molar-refractivity contribution in [2.24, 2.45) is 0 Å². The van der Waals surface area contributed by atoms with Crippen molar-refractivity contribution < 1.29 is 19.0 Å². The van der Waals surface area contributed by atoms with Crippen LogP contribution in [0.3, 0.4) is 0 Å². The van der Waals surface area contributed by atoms with Crippen LogP contribution in [0.15, 0.2) is 77.0 Å². The van der Waals surface area contributed by atoms with E-state index in [0.29, 0.717) is 29.4 Å². The Bertz CT molecular complexity index is 1050. The van der Waals surface area contributed by atoms with Gasteiger partial charge in [-0.3, -0.25) is 4.79 Å². The molecule has 3 aromatic rings. The van der Waals surface area contributed by atoms with Gasteiger partial charge in [-0.15, -0.1) is 0 Å². The van der Waals surface area contributed by atoms with Gasteiger partial charge in [-0.2, -0.15) is 0 Å². The number of benzene rings is 3. The number of carbonyl (C=O) groups excluding carboxylic acids is 1. The van der Waals surface area contributed by atoms with Crippen molar-refractivity contribution in [1.82, 2.24) is 0 Å². The Morgan fingerprint density at radius 3 is 2.54 bits per heavy atom. The largest absolute Gasteiger partial charge is 0.497 e. The minimum absolute atomic E-state index is 0.128. The van der Waals surface area contributed by atoms with Crippen LogP contribution in [0.5, 0.6) is 17.2 Å². The Morgan fingerprint density at radius 1 is 1.00 bits per heavy atom. The first kappa shape index (κ1) is 18.3. The third-order valence-electron chi connectivity index (χ3n) is 4.35. The lowest BCUT2D eigenvalue weighted by atomic mass is 10.1. The van der Waals surface area contributed by atoms with E-state index >= 15 is 0 Å². The van der Waals surface area contributed by atoms with E-state index in [1.807, 2.05) is 48.5 Å². The molecule has 0 bridgehead atoms. The van der Waals surface area contributed by atoms with Gasteiger partial charge in [0, 0.05) is 10.5 Å². The Labute approximate surface area is 171 Å². The molecule has 0 amide bonds. The van der Waals surface area contributed by atoms with Gasteiger partial charge in [0.2, 0.25) is 5.78 Å². The minimum atomic E-state index is -0.128. The molecule has 4 rings (SSSR count). The fraction of sp³-hybridized carbons (Fsp3) is 0.0870. The summed E-state index contributed by atoms with van der Waals surface area (Å²) in [5, 5.41) is 0. The van der Waals surface area contributed by atoms with Crippen molar-refractivity contribution in [3.63, 3.8) is 0 Å². The van der Waals surface area contributed by atoms with E-state index in [0.717, 1.165) is 21.3 Å². The lowest BCUT2D eigenvalue weighted by Crippen LogP contribution is -1.98. The Balaban J connectivity index is 1.48. The minimum Gasteiger partial charge on any atom is -0.497 e. The molecular weight excluding hydrogens is 420 g/mol. The lowest BCUT2D eigenvalue weighted by Gasteiger charge is -2.08. The summed E-state index contributed by atoms with van der Waals surface area (Å²) < 4.78 is 17.7. The van der Waals surface area contributed by atoms with E-state index in [1.165, 1.54) is 0 Å².